The van der Waals surface area contributed by atoms with Gasteiger partial charge >= 0.3 is 0 Å². The highest BCUT2D eigenvalue weighted by Gasteiger charge is 2.21. The normalized spacial score (nSPS) is 13.6. The predicted octanol–water partition coefficient (Wildman–Crippen LogP) is 7.13. The third kappa shape index (κ3) is 5.11. The lowest BCUT2D eigenvalue weighted by molar-refractivity contribution is 0.414. The summed E-state index contributed by atoms with van der Waals surface area (Å²) in [5.74, 6) is 0.310. The molecule has 0 saturated carbocycles. The molecule has 0 aliphatic carbocycles. The molecule has 0 atom stereocenters. The summed E-state index contributed by atoms with van der Waals surface area (Å²) < 4.78 is 33.0. The summed E-state index contributed by atoms with van der Waals surface area (Å²) in [6.07, 6.45) is 3.72. The van der Waals surface area contributed by atoms with Gasteiger partial charge in [0, 0.05) is 57.2 Å². The summed E-state index contributed by atoms with van der Waals surface area (Å²) >= 11 is 12.0. The standard InChI is InChI=1S/C10H12ClNO.C9H9ClFN.C9H8FN/c1-12-6-5-7-8(12)3-4-9(13-2)10(7)11;1-12-5-4-6-8(12)3-2-7(11)9(6)10;1-11-6-5-7-8(10)3-2-4-9(7)11/h3-4H,5-6H2,1-2H3;2-3H,4-5H2,1H3;2-6H,1H3. The van der Waals surface area contributed by atoms with Crippen molar-refractivity contribution in [1.29, 1.82) is 0 Å². The van der Waals surface area contributed by atoms with E-state index in [1.54, 1.807) is 25.3 Å². The highest BCUT2D eigenvalue weighted by atomic mass is 35.5. The Morgan fingerprint density at radius 1 is 0.750 bits per heavy atom. The van der Waals surface area contributed by atoms with E-state index in [1.165, 1.54) is 23.4 Å². The average Bonchev–Trinajstić information content (AvgIpc) is 3.56. The van der Waals surface area contributed by atoms with Crippen molar-refractivity contribution in [2.24, 2.45) is 7.05 Å². The third-order valence-corrected chi connectivity index (χ3v) is 7.49. The summed E-state index contributed by atoms with van der Waals surface area (Å²) in [5.41, 5.74) is 5.37. The summed E-state index contributed by atoms with van der Waals surface area (Å²) in [6, 6.07) is 14.1. The van der Waals surface area contributed by atoms with Gasteiger partial charge in [0.05, 0.1) is 22.7 Å². The second-order valence-corrected chi connectivity index (χ2v) is 9.64. The molecule has 0 spiro atoms. The maximum atomic E-state index is 13.0. The Morgan fingerprint density at radius 3 is 1.97 bits per heavy atom. The topological polar surface area (TPSA) is 20.6 Å². The van der Waals surface area contributed by atoms with Crippen molar-refractivity contribution < 1.29 is 13.5 Å². The number of nitrogens with zero attached hydrogens (tertiary/aromatic N) is 3. The molecule has 3 aromatic carbocycles. The van der Waals surface area contributed by atoms with Crippen LogP contribution in [0.1, 0.15) is 11.1 Å². The second kappa shape index (κ2) is 11.0. The zero-order valence-corrected chi connectivity index (χ0v) is 22.3. The van der Waals surface area contributed by atoms with E-state index in [9.17, 15) is 8.78 Å². The summed E-state index contributed by atoms with van der Waals surface area (Å²) in [6.45, 7) is 1.97. The average molecular weight is 532 g/mol. The Hall–Kier alpha value is -2.96. The number of likely N-dealkylation sites (N-methyl/N-ethyl adjacent to an activating group) is 2. The highest BCUT2D eigenvalue weighted by molar-refractivity contribution is 6.33. The van der Waals surface area contributed by atoms with Crippen LogP contribution in [0.2, 0.25) is 10.0 Å². The largest absolute Gasteiger partial charge is 0.495 e. The highest BCUT2D eigenvalue weighted by Crippen LogP contribution is 2.38. The Bertz CT molecular complexity index is 1390. The van der Waals surface area contributed by atoms with E-state index in [1.807, 2.05) is 37.0 Å². The molecule has 1 aromatic heterocycles. The molecule has 0 fully saturated rings. The van der Waals surface area contributed by atoms with E-state index in [2.05, 4.69) is 22.9 Å². The van der Waals surface area contributed by atoms with Crippen molar-refractivity contribution in [2.75, 3.05) is 44.1 Å². The summed E-state index contributed by atoms with van der Waals surface area (Å²) in [5, 5.41) is 1.75. The van der Waals surface area contributed by atoms with Crippen molar-refractivity contribution in [2.45, 2.75) is 12.8 Å². The maximum Gasteiger partial charge on any atom is 0.142 e. The van der Waals surface area contributed by atoms with Crippen molar-refractivity contribution in [3.05, 3.63) is 87.5 Å². The van der Waals surface area contributed by atoms with E-state index >= 15 is 0 Å². The van der Waals surface area contributed by atoms with Crippen LogP contribution in [-0.2, 0) is 19.9 Å². The lowest BCUT2D eigenvalue weighted by Gasteiger charge is -2.13. The zero-order valence-electron chi connectivity index (χ0n) is 20.8. The molecule has 190 valence electrons. The van der Waals surface area contributed by atoms with Crippen LogP contribution in [-0.4, -0.2) is 38.9 Å². The van der Waals surface area contributed by atoms with E-state index in [-0.39, 0.29) is 16.7 Å². The molecule has 0 amide bonds. The molecule has 3 heterocycles. The molecule has 2 aliphatic rings. The number of ether oxygens (including phenoxy) is 1. The number of hydrogen-bond donors (Lipinski definition) is 0. The molecule has 0 N–H and O–H groups in total. The number of hydrogen-bond acceptors (Lipinski definition) is 3. The summed E-state index contributed by atoms with van der Waals surface area (Å²) in [4.78, 5) is 4.29. The fraction of sp³-hybridized carbons (Fsp3) is 0.286. The Kier molecular flexibility index (Phi) is 7.96. The first-order valence-electron chi connectivity index (χ1n) is 11.7. The smallest absolute Gasteiger partial charge is 0.142 e. The van der Waals surface area contributed by atoms with Gasteiger partial charge in [0.25, 0.3) is 0 Å². The molecule has 4 aromatic rings. The minimum Gasteiger partial charge on any atom is -0.495 e. The minimum absolute atomic E-state index is 0.150. The molecule has 0 unspecified atom stereocenters. The molecule has 0 bridgehead atoms. The number of fused-ring (bicyclic) bond motifs is 3. The predicted molar refractivity (Wildman–Crippen MR) is 146 cm³/mol. The van der Waals surface area contributed by atoms with Crippen LogP contribution in [0.5, 0.6) is 5.75 Å². The monoisotopic (exact) mass is 531 g/mol. The van der Waals surface area contributed by atoms with Gasteiger partial charge in [-0.1, -0.05) is 29.3 Å². The molecule has 8 heteroatoms. The first kappa shape index (κ1) is 26.1. The third-order valence-electron chi connectivity index (χ3n) is 6.67. The van der Waals surface area contributed by atoms with E-state index in [0.29, 0.717) is 5.39 Å². The summed E-state index contributed by atoms with van der Waals surface area (Å²) in [7, 11) is 7.61. The van der Waals surface area contributed by atoms with Crippen LogP contribution < -0.4 is 14.5 Å². The van der Waals surface area contributed by atoms with Gasteiger partial charge in [-0.05, 0) is 66.4 Å². The van der Waals surface area contributed by atoms with Gasteiger partial charge in [0.1, 0.15) is 17.4 Å². The van der Waals surface area contributed by atoms with Crippen LogP contribution in [0.3, 0.4) is 0 Å². The van der Waals surface area contributed by atoms with Gasteiger partial charge < -0.3 is 19.1 Å². The van der Waals surface area contributed by atoms with Crippen molar-refractivity contribution in [3.8, 4) is 5.75 Å². The Balaban J connectivity index is 0.000000127. The minimum atomic E-state index is -0.314. The molecule has 0 radical (unpaired) electrons. The Labute approximate surface area is 220 Å². The number of anilines is 2. The number of rotatable bonds is 1. The Morgan fingerprint density at radius 2 is 1.36 bits per heavy atom. The fourth-order valence-corrected chi connectivity index (χ4v) is 5.17. The molecule has 0 saturated heterocycles. The van der Waals surface area contributed by atoms with Crippen LogP contribution in [0.25, 0.3) is 10.9 Å². The van der Waals surface area contributed by atoms with E-state index < -0.39 is 0 Å². The van der Waals surface area contributed by atoms with Crippen LogP contribution in [0.4, 0.5) is 20.2 Å². The van der Waals surface area contributed by atoms with E-state index in [4.69, 9.17) is 27.9 Å². The SMILES string of the molecule is CN1CCc2c1ccc(F)c2Cl.COc1ccc2c(c1Cl)CCN2C.Cn1ccc2c(F)cccc21. The van der Waals surface area contributed by atoms with Gasteiger partial charge in [-0.25, -0.2) is 8.78 Å². The number of aromatic nitrogens is 1. The van der Waals surface area contributed by atoms with Gasteiger partial charge in [-0.2, -0.15) is 0 Å². The second-order valence-electron chi connectivity index (χ2n) is 8.88. The van der Waals surface area contributed by atoms with Gasteiger partial charge in [0.15, 0.2) is 0 Å². The fourth-order valence-electron chi connectivity index (χ4n) is 4.59. The van der Waals surface area contributed by atoms with Crippen molar-refractivity contribution in [1.82, 2.24) is 4.57 Å². The lowest BCUT2D eigenvalue weighted by Crippen LogP contribution is -2.12. The van der Waals surface area contributed by atoms with Crippen molar-refractivity contribution in [3.63, 3.8) is 0 Å². The number of halogens is 4. The van der Waals surface area contributed by atoms with Crippen molar-refractivity contribution >= 4 is 45.5 Å². The lowest BCUT2D eigenvalue weighted by atomic mass is 10.1. The van der Waals surface area contributed by atoms with Crippen LogP contribution in [0, 0.1) is 11.6 Å². The van der Waals surface area contributed by atoms with Crippen LogP contribution in [0.15, 0.2) is 54.7 Å². The molecule has 36 heavy (non-hydrogen) atoms. The number of aryl methyl sites for hydroxylation is 1. The van der Waals surface area contributed by atoms with Gasteiger partial charge in [0.2, 0.25) is 0 Å². The molecule has 4 nitrogen and oxygen atoms in total. The number of benzene rings is 3. The van der Waals surface area contributed by atoms with Gasteiger partial charge in [-0.15, -0.1) is 0 Å². The van der Waals surface area contributed by atoms with Crippen LogP contribution >= 0.6 is 23.2 Å². The first-order valence-corrected chi connectivity index (χ1v) is 12.4. The molecular weight excluding hydrogens is 503 g/mol. The quantitative estimate of drug-likeness (QED) is 0.260. The van der Waals surface area contributed by atoms with E-state index in [0.717, 1.165) is 53.5 Å². The maximum absolute atomic E-state index is 13.0. The van der Waals surface area contributed by atoms with Gasteiger partial charge in [-0.3, -0.25) is 0 Å². The molecule has 2 aliphatic heterocycles. The molecule has 6 rings (SSSR count). The molecular formula is C28H29Cl2F2N3O. The number of methoxy groups -OCH3 is 1. The zero-order chi connectivity index (χ0) is 26.0. The first-order chi connectivity index (χ1) is 17.2.